The number of nitrogens with two attached hydrogens (primary N) is 1. The first kappa shape index (κ1) is 11.7. The Kier molecular flexibility index (Phi) is 3.47. The Labute approximate surface area is 89.2 Å². The first-order valence-corrected chi connectivity index (χ1v) is 4.81. The Morgan fingerprint density at radius 3 is 2.67 bits per heavy atom. The zero-order valence-corrected chi connectivity index (χ0v) is 9.52. The lowest BCUT2D eigenvalue weighted by atomic mass is 9.99. The van der Waals surface area contributed by atoms with Gasteiger partial charge in [0.2, 0.25) is 0 Å². The summed E-state index contributed by atoms with van der Waals surface area (Å²) in [6, 6.07) is 1.28. The van der Waals surface area contributed by atoms with Crippen LogP contribution in [-0.2, 0) is 16.6 Å². The van der Waals surface area contributed by atoms with E-state index in [0.29, 0.717) is 0 Å². The molecule has 2 atom stereocenters. The molecular formula is C10H17N3O2. The van der Waals surface area contributed by atoms with Crippen molar-refractivity contribution in [3.05, 3.63) is 17.5 Å². The standard InChI is InChI=1S/C10H17N3O2/c1-6-5-8(13(3)12-6)7(2)9(11)10(14)15-4/h5,7,9H,11H2,1-4H3. The summed E-state index contributed by atoms with van der Waals surface area (Å²) in [7, 11) is 3.17. The van der Waals surface area contributed by atoms with Gasteiger partial charge in [-0.2, -0.15) is 5.10 Å². The molecule has 0 aliphatic heterocycles. The van der Waals surface area contributed by atoms with Gasteiger partial charge in [-0.3, -0.25) is 9.48 Å². The average molecular weight is 211 g/mol. The monoisotopic (exact) mass is 211 g/mol. The fourth-order valence-corrected chi connectivity index (χ4v) is 1.58. The summed E-state index contributed by atoms with van der Waals surface area (Å²) in [5.74, 6) is -0.509. The van der Waals surface area contributed by atoms with Crippen LogP contribution in [0, 0.1) is 6.92 Å². The van der Waals surface area contributed by atoms with Crippen LogP contribution in [0.5, 0.6) is 0 Å². The maximum atomic E-state index is 11.3. The van der Waals surface area contributed by atoms with Crippen molar-refractivity contribution in [2.45, 2.75) is 25.8 Å². The van der Waals surface area contributed by atoms with E-state index in [0.717, 1.165) is 11.4 Å². The first-order chi connectivity index (χ1) is 6.97. The first-order valence-electron chi connectivity index (χ1n) is 4.81. The van der Waals surface area contributed by atoms with E-state index < -0.39 is 12.0 Å². The Balaban J connectivity index is 2.89. The van der Waals surface area contributed by atoms with Gasteiger partial charge in [0.05, 0.1) is 12.8 Å². The van der Waals surface area contributed by atoms with E-state index in [9.17, 15) is 4.79 Å². The molecule has 2 N–H and O–H groups in total. The highest BCUT2D eigenvalue weighted by atomic mass is 16.5. The SMILES string of the molecule is COC(=O)C(N)C(C)c1cc(C)nn1C. The molecular weight excluding hydrogens is 194 g/mol. The van der Waals surface area contributed by atoms with Gasteiger partial charge in [0.15, 0.2) is 0 Å². The van der Waals surface area contributed by atoms with Crippen LogP contribution in [0.15, 0.2) is 6.07 Å². The zero-order valence-electron chi connectivity index (χ0n) is 9.52. The highest BCUT2D eigenvalue weighted by Crippen LogP contribution is 2.18. The Morgan fingerprint density at radius 2 is 2.27 bits per heavy atom. The van der Waals surface area contributed by atoms with Crippen LogP contribution in [0.2, 0.25) is 0 Å². The molecule has 0 aromatic carbocycles. The molecule has 1 heterocycles. The molecule has 2 unspecified atom stereocenters. The lowest BCUT2D eigenvalue weighted by Gasteiger charge is -2.17. The number of methoxy groups -OCH3 is 1. The van der Waals surface area contributed by atoms with Crippen molar-refractivity contribution in [3.8, 4) is 0 Å². The van der Waals surface area contributed by atoms with Gasteiger partial charge in [0.1, 0.15) is 6.04 Å². The number of aryl methyl sites for hydroxylation is 2. The lowest BCUT2D eigenvalue weighted by molar-refractivity contribution is -0.142. The minimum absolute atomic E-state index is 0.108. The molecule has 1 aromatic rings. The van der Waals surface area contributed by atoms with Crippen molar-refractivity contribution in [2.24, 2.45) is 12.8 Å². The van der Waals surface area contributed by atoms with Crippen LogP contribution in [0.25, 0.3) is 0 Å². The van der Waals surface area contributed by atoms with Gasteiger partial charge in [-0.15, -0.1) is 0 Å². The minimum Gasteiger partial charge on any atom is -0.468 e. The molecule has 0 aliphatic rings. The van der Waals surface area contributed by atoms with E-state index in [1.165, 1.54) is 7.11 Å². The third kappa shape index (κ3) is 2.36. The molecule has 0 saturated carbocycles. The second-order valence-electron chi connectivity index (χ2n) is 3.67. The van der Waals surface area contributed by atoms with Crippen LogP contribution in [-0.4, -0.2) is 28.9 Å². The van der Waals surface area contributed by atoms with Crippen molar-refractivity contribution in [2.75, 3.05) is 7.11 Å². The minimum atomic E-state index is -0.648. The van der Waals surface area contributed by atoms with Gasteiger partial charge in [-0.25, -0.2) is 0 Å². The molecule has 0 radical (unpaired) electrons. The second kappa shape index (κ2) is 4.44. The normalized spacial score (nSPS) is 14.7. The molecule has 5 nitrogen and oxygen atoms in total. The maximum absolute atomic E-state index is 11.3. The maximum Gasteiger partial charge on any atom is 0.323 e. The van der Waals surface area contributed by atoms with E-state index >= 15 is 0 Å². The number of nitrogens with zero attached hydrogens (tertiary/aromatic N) is 2. The molecule has 0 amide bonds. The number of rotatable bonds is 3. The number of carbonyl (C=O) groups is 1. The molecule has 84 valence electrons. The van der Waals surface area contributed by atoms with E-state index in [1.807, 2.05) is 27.0 Å². The average Bonchev–Trinajstić information content (AvgIpc) is 2.54. The van der Waals surface area contributed by atoms with Gasteiger partial charge < -0.3 is 10.5 Å². The number of hydrogen-bond donors (Lipinski definition) is 1. The van der Waals surface area contributed by atoms with Crippen LogP contribution in [0.3, 0.4) is 0 Å². The third-order valence-electron chi connectivity index (χ3n) is 2.52. The van der Waals surface area contributed by atoms with Crippen molar-refractivity contribution in [1.82, 2.24) is 9.78 Å². The van der Waals surface area contributed by atoms with Gasteiger partial charge in [0, 0.05) is 18.7 Å². The molecule has 1 aromatic heterocycles. The van der Waals surface area contributed by atoms with Gasteiger partial charge >= 0.3 is 5.97 Å². The fraction of sp³-hybridized carbons (Fsp3) is 0.600. The molecule has 15 heavy (non-hydrogen) atoms. The zero-order chi connectivity index (χ0) is 11.6. The summed E-state index contributed by atoms with van der Waals surface area (Å²) in [4.78, 5) is 11.3. The molecule has 0 spiro atoms. The van der Waals surface area contributed by atoms with E-state index in [1.54, 1.807) is 4.68 Å². The van der Waals surface area contributed by atoms with E-state index in [-0.39, 0.29) is 5.92 Å². The summed E-state index contributed by atoms with van der Waals surface area (Å²) in [5.41, 5.74) is 7.61. The summed E-state index contributed by atoms with van der Waals surface area (Å²) in [5, 5.41) is 4.21. The number of ether oxygens (including phenoxy) is 1. The predicted molar refractivity (Wildman–Crippen MR) is 56.4 cm³/mol. The van der Waals surface area contributed by atoms with Gasteiger partial charge in [-0.05, 0) is 13.0 Å². The van der Waals surface area contributed by atoms with Crippen molar-refractivity contribution in [3.63, 3.8) is 0 Å². The number of aromatic nitrogens is 2. The molecule has 0 bridgehead atoms. The van der Waals surface area contributed by atoms with Crippen molar-refractivity contribution >= 4 is 5.97 Å². The van der Waals surface area contributed by atoms with E-state index in [4.69, 9.17) is 5.73 Å². The number of hydrogen-bond acceptors (Lipinski definition) is 4. The van der Waals surface area contributed by atoms with Gasteiger partial charge in [-0.1, -0.05) is 6.92 Å². The molecule has 1 rings (SSSR count). The molecule has 0 fully saturated rings. The van der Waals surface area contributed by atoms with Gasteiger partial charge in [0.25, 0.3) is 0 Å². The second-order valence-corrected chi connectivity index (χ2v) is 3.67. The predicted octanol–water partition coefficient (Wildman–Crippen LogP) is 0.332. The number of esters is 1. The summed E-state index contributed by atoms with van der Waals surface area (Å²) in [6.45, 7) is 3.79. The summed E-state index contributed by atoms with van der Waals surface area (Å²) < 4.78 is 6.35. The van der Waals surface area contributed by atoms with Crippen molar-refractivity contribution < 1.29 is 9.53 Å². The third-order valence-corrected chi connectivity index (χ3v) is 2.52. The summed E-state index contributed by atoms with van der Waals surface area (Å²) in [6.07, 6.45) is 0. The van der Waals surface area contributed by atoms with Crippen LogP contribution < -0.4 is 5.73 Å². The topological polar surface area (TPSA) is 70.1 Å². The highest BCUT2D eigenvalue weighted by Gasteiger charge is 2.25. The highest BCUT2D eigenvalue weighted by molar-refractivity contribution is 5.76. The quantitative estimate of drug-likeness (QED) is 0.731. The summed E-state index contributed by atoms with van der Waals surface area (Å²) >= 11 is 0. The van der Waals surface area contributed by atoms with Crippen molar-refractivity contribution in [1.29, 1.82) is 0 Å². The Bertz CT molecular complexity index is 360. The fourth-order valence-electron chi connectivity index (χ4n) is 1.58. The van der Waals surface area contributed by atoms with E-state index in [2.05, 4.69) is 9.84 Å². The Morgan fingerprint density at radius 1 is 1.67 bits per heavy atom. The molecule has 0 aliphatic carbocycles. The van der Waals surface area contributed by atoms with Crippen LogP contribution in [0.4, 0.5) is 0 Å². The smallest absolute Gasteiger partial charge is 0.323 e. The largest absolute Gasteiger partial charge is 0.468 e. The molecule has 0 saturated heterocycles. The lowest BCUT2D eigenvalue weighted by Crippen LogP contribution is -2.37. The Hall–Kier alpha value is -1.36. The van der Waals surface area contributed by atoms with Crippen LogP contribution >= 0.6 is 0 Å². The molecule has 5 heteroatoms. The number of carbonyl (C=O) groups excluding carboxylic acids is 1. The van der Waals surface area contributed by atoms with Crippen LogP contribution in [0.1, 0.15) is 24.2 Å².